The molecule has 2 amide bonds. The first-order valence-electron chi connectivity index (χ1n) is 7.77. The van der Waals surface area contributed by atoms with Gasteiger partial charge in [-0.15, -0.1) is 0 Å². The second kappa shape index (κ2) is 8.30. The summed E-state index contributed by atoms with van der Waals surface area (Å²) in [5, 5.41) is 15.2. The Morgan fingerprint density at radius 2 is 2.15 bits per heavy atom. The van der Waals surface area contributed by atoms with Gasteiger partial charge in [-0.25, -0.2) is 4.79 Å². The Balaban J connectivity index is 2.15. The molecule has 0 saturated carbocycles. The van der Waals surface area contributed by atoms with Crippen molar-refractivity contribution >= 4 is 6.03 Å². The molecule has 4 heteroatoms. The van der Waals surface area contributed by atoms with E-state index in [4.69, 9.17) is 0 Å². The van der Waals surface area contributed by atoms with Crippen LogP contribution in [-0.4, -0.2) is 30.3 Å². The van der Waals surface area contributed by atoms with Crippen LogP contribution in [0.5, 0.6) is 0 Å². The van der Waals surface area contributed by atoms with Gasteiger partial charge < -0.3 is 15.7 Å². The number of aliphatic hydroxyl groups is 1. The number of carbonyl (C=O) groups excluding carboxylic acids is 1. The van der Waals surface area contributed by atoms with Crippen molar-refractivity contribution in [3.8, 4) is 0 Å². The van der Waals surface area contributed by atoms with Gasteiger partial charge >= 0.3 is 6.03 Å². The summed E-state index contributed by atoms with van der Waals surface area (Å²) in [7, 11) is 0. The fourth-order valence-corrected chi connectivity index (χ4v) is 2.72. The molecule has 0 aromatic rings. The topological polar surface area (TPSA) is 61.4 Å². The minimum Gasteiger partial charge on any atom is -0.393 e. The Kier molecular flexibility index (Phi) is 7.06. The highest BCUT2D eigenvalue weighted by Crippen LogP contribution is 2.21. The van der Waals surface area contributed by atoms with E-state index < -0.39 is 0 Å². The number of rotatable bonds is 7. The van der Waals surface area contributed by atoms with Crippen LogP contribution in [0.1, 0.15) is 59.3 Å². The number of allylic oxidation sites excluding steroid dienone is 1. The lowest BCUT2D eigenvalue weighted by molar-refractivity contribution is 0.129. The maximum absolute atomic E-state index is 11.7. The van der Waals surface area contributed by atoms with E-state index in [9.17, 15) is 9.90 Å². The van der Waals surface area contributed by atoms with Crippen LogP contribution in [0, 0.1) is 5.41 Å². The zero-order valence-electron chi connectivity index (χ0n) is 13.2. The third kappa shape index (κ3) is 7.53. The largest absolute Gasteiger partial charge is 0.393 e. The lowest BCUT2D eigenvalue weighted by atomic mass is 9.87. The molecule has 0 heterocycles. The standard InChI is InChI=1S/C16H30N2O2/c1-13(19)11-16(2,3)12-18-15(20)17-10-9-14-7-5-4-6-8-14/h7,13,19H,4-6,8-12H2,1-3H3,(H2,17,18,20). The van der Waals surface area contributed by atoms with Crippen molar-refractivity contribution in [1.29, 1.82) is 0 Å². The zero-order valence-corrected chi connectivity index (χ0v) is 13.2. The highest BCUT2D eigenvalue weighted by atomic mass is 16.3. The van der Waals surface area contributed by atoms with E-state index in [1.165, 1.54) is 31.3 Å². The fraction of sp³-hybridized carbons (Fsp3) is 0.812. The molecular weight excluding hydrogens is 252 g/mol. The summed E-state index contributed by atoms with van der Waals surface area (Å²) >= 11 is 0. The second-order valence-corrected chi connectivity index (χ2v) is 6.68. The number of aliphatic hydroxyl groups excluding tert-OH is 1. The van der Waals surface area contributed by atoms with Gasteiger partial charge in [-0.3, -0.25) is 0 Å². The third-order valence-corrected chi connectivity index (χ3v) is 3.69. The molecule has 0 aromatic heterocycles. The molecule has 0 aliphatic heterocycles. The lowest BCUT2D eigenvalue weighted by Gasteiger charge is -2.26. The van der Waals surface area contributed by atoms with Gasteiger partial charge in [0.05, 0.1) is 6.10 Å². The molecule has 1 unspecified atom stereocenters. The maximum Gasteiger partial charge on any atom is 0.314 e. The third-order valence-electron chi connectivity index (χ3n) is 3.69. The number of hydrogen-bond donors (Lipinski definition) is 3. The fourth-order valence-electron chi connectivity index (χ4n) is 2.72. The summed E-state index contributed by atoms with van der Waals surface area (Å²) in [6.45, 7) is 7.15. The first kappa shape index (κ1) is 17.0. The average Bonchev–Trinajstić information content (AvgIpc) is 2.36. The van der Waals surface area contributed by atoms with Crippen LogP contribution in [0.4, 0.5) is 4.79 Å². The Bertz CT molecular complexity index is 335. The molecule has 0 radical (unpaired) electrons. The van der Waals surface area contributed by atoms with Crippen molar-refractivity contribution in [2.24, 2.45) is 5.41 Å². The normalized spacial score (nSPS) is 17.3. The molecule has 1 aliphatic rings. The molecule has 0 bridgehead atoms. The van der Waals surface area contributed by atoms with Gasteiger partial charge in [-0.1, -0.05) is 25.5 Å². The predicted octanol–water partition coefficient (Wildman–Crippen LogP) is 2.97. The number of urea groups is 1. The monoisotopic (exact) mass is 282 g/mol. The van der Waals surface area contributed by atoms with Crippen LogP contribution in [0.25, 0.3) is 0 Å². The van der Waals surface area contributed by atoms with Gasteiger partial charge in [-0.2, -0.15) is 0 Å². The first-order valence-corrected chi connectivity index (χ1v) is 7.77. The van der Waals surface area contributed by atoms with Gasteiger partial charge in [0, 0.05) is 13.1 Å². The molecule has 1 atom stereocenters. The van der Waals surface area contributed by atoms with Crippen LogP contribution in [0.3, 0.4) is 0 Å². The Hall–Kier alpha value is -1.03. The molecule has 0 saturated heterocycles. The van der Waals surface area contributed by atoms with Crippen molar-refractivity contribution in [2.45, 2.75) is 65.4 Å². The molecule has 0 aromatic carbocycles. The van der Waals surface area contributed by atoms with E-state index in [-0.39, 0.29) is 17.6 Å². The van der Waals surface area contributed by atoms with Gasteiger partial charge in [0.25, 0.3) is 0 Å². The summed E-state index contributed by atoms with van der Waals surface area (Å²) < 4.78 is 0. The van der Waals surface area contributed by atoms with Crippen LogP contribution in [-0.2, 0) is 0 Å². The van der Waals surface area contributed by atoms with Gasteiger partial charge in [0.2, 0.25) is 0 Å². The Morgan fingerprint density at radius 1 is 1.40 bits per heavy atom. The van der Waals surface area contributed by atoms with Crippen molar-refractivity contribution < 1.29 is 9.90 Å². The van der Waals surface area contributed by atoms with Crippen molar-refractivity contribution in [1.82, 2.24) is 10.6 Å². The van der Waals surface area contributed by atoms with Gasteiger partial charge in [0.15, 0.2) is 0 Å². The van der Waals surface area contributed by atoms with E-state index >= 15 is 0 Å². The van der Waals surface area contributed by atoms with Crippen LogP contribution >= 0.6 is 0 Å². The molecular formula is C16H30N2O2. The summed E-state index contributed by atoms with van der Waals surface area (Å²) in [5.41, 5.74) is 1.39. The maximum atomic E-state index is 11.7. The number of amides is 2. The van der Waals surface area contributed by atoms with Gasteiger partial charge in [0.1, 0.15) is 0 Å². The number of nitrogens with one attached hydrogen (secondary N) is 2. The van der Waals surface area contributed by atoms with Gasteiger partial charge in [-0.05, 0) is 50.9 Å². The van der Waals surface area contributed by atoms with Crippen LogP contribution in [0.2, 0.25) is 0 Å². The average molecular weight is 282 g/mol. The summed E-state index contributed by atoms with van der Waals surface area (Å²) in [6.07, 6.45) is 8.58. The summed E-state index contributed by atoms with van der Waals surface area (Å²) in [6, 6.07) is -0.111. The molecule has 0 spiro atoms. The van der Waals surface area contributed by atoms with Crippen molar-refractivity contribution in [2.75, 3.05) is 13.1 Å². The minimum atomic E-state index is -0.340. The quantitative estimate of drug-likeness (QED) is 0.629. The highest BCUT2D eigenvalue weighted by molar-refractivity contribution is 5.73. The number of hydrogen-bond acceptors (Lipinski definition) is 2. The van der Waals surface area contributed by atoms with E-state index in [2.05, 4.69) is 16.7 Å². The van der Waals surface area contributed by atoms with Crippen LogP contribution in [0.15, 0.2) is 11.6 Å². The molecule has 4 nitrogen and oxygen atoms in total. The lowest BCUT2D eigenvalue weighted by Crippen LogP contribution is -2.41. The molecule has 1 aliphatic carbocycles. The first-order chi connectivity index (χ1) is 9.39. The minimum absolute atomic E-state index is 0.0859. The summed E-state index contributed by atoms with van der Waals surface area (Å²) in [4.78, 5) is 11.7. The van der Waals surface area contributed by atoms with E-state index in [0.29, 0.717) is 19.5 Å². The molecule has 116 valence electrons. The van der Waals surface area contributed by atoms with Crippen LogP contribution < -0.4 is 10.6 Å². The van der Waals surface area contributed by atoms with E-state index in [1.54, 1.807) is 6.92 Å². The SMILES string of the molecule is CC(O)CC(C)(C)CNC(=O)NCCC1=CCCCC1. The van der Waals surface area contributed by atoms with Crippen molar-refractivity contribution in [3.05, 3.63) is 11.6 Å². The Labute approximate surface area is 123 Å². The molecule has 0 fully saturated rings. The second-order valence-electron chi connectivity index (χ2n) is 6.68. The predicted molar refractivity (Wildman–Crippen MR) is 82.6 cm³/mol. The molecule has 20 heavy (non-hydrogen) atoms. The van der Waals surface area contributed by atoms with E-state index in [1.807, 2.05) is 13.8 Å². The smallest absolute Gasteiger partial charge is 0.314 e. The summed E-state index contributed by atoms with van der Waals surface area (Å²) in [5.74, 6) is 0. The van der Waals surface area contributed by atoms with E-state index in [0.717, 1.165) is 6.42 Å². The Morgan fingerprint density at radius 3 is 2.75 bits per heavy atom. The zero-order chi connectivity index (χ0) is 15.0. The number of carbonyl (C=O) groups is 1. The highest BCUT2D eigenvalue weighted by Gasteiger charge is 2.20. The van der Waals surface area contributed by atoms with Crippen molar-refractivity contribution in [3.63, 3.8) is 0 Å². The molecule has 3 N–H and O–H groups in total. The molecule has 1 rings (SSSR count).